The fourth-order valence-corrected chi connectivity index (χ4v) is 2.13. The second-order valence-electron chi connectivity index (χ2n) is 6.79. The molecule has 2 heterocycles. The predicted octanol–water partition coefficient (Wildman–Crippen LogP) is 2.27. The normalized spacial score (nSPS) is 13.0. The third-order valence-corrected chi connectivity index (χ3v) is 3.41. The van der Waals surface area contributed by atoms with E-state index in [0.29, 0.717) is 5.69 Å². The minimum absolute atomic E-state index is 0.182. The van der Waals surface area contributed by atoms with Crippen LogP contribution in [0.25, 0.3) is 11.3 Å². The van der Waals surface area contributed by atoms with Crippen molar-refractivity contribution in [3.05, 3.63) is 48.4 Å². The molecule has 0 aliphatic rings. The molecule has 2 aromatic heterocycles. The first-order valence-electron chi connectivity index (χ1n) is 7.85. The number of hydrogen-bond donors (Lipinski definition) is 2. The summed E-state index contributed by atoms with van der Waals surface area (Å²) in [5.74, 6) is -1.63. The Morgan fingerprint density at radius 2 is 2.08 bits per heavy atom. The van der Waals surface area contributed by atoms with Crippen molar-refractivity contribution in [1.29, 1.82) is 0 Å². The van der Waals surface area contributed by atoms with Gasteiger partial charge in [-0.1, -0.05) is 32.9 Å². The van der Waals surface area contributed by atoms with Gasteiger partial charge in [-0.2, -0.15) is 5.10 Å². The second-order valence-corrected chi connectivity index (χ2v) is 6.79. The van der Waals surface area contributed by atoms with Gasteiger partial charge in [-0.05, 0) is 23.6 Å². The van der Waals surface area contributed by atoms with Gasteiger partial charge < -0.3 is 10.4 Å². The Bertz CT molecular complexity index is 788. The molecule has 0 fully saturated rings. The molecule has 132 valence electrons. The number of hydrogen-bond acceptors (Lipinski definition) is 4. The van der Waals surface area contributed by atoms with Gasteiger partial charge in [0.1, 0.15) is 11.7 Å². The zero-order valence-electron chi connectivity index (χ0n) is 14.7. The Kier molecular flexibility index (Phi) is 5.36. The molecule has 25 heavy (non-hydrogen) atoms. The number of amides is 1. The molecule has 1 amide bonds. The highest BCUT2D eigenvalue weighted by molar-refractivity contribution is 5.96. The third kappa shape index (κ3) is 5.00. The third-order valence-electron chi connectivity index (χ3n) is 3.41. The van der Waals surface area contributed by atoms with E-state index < -0.39 is 17.9 Å². The lowest BCUT2D eigenvalue weighted by atomic mass is 9.95. The molecule has 2 aromatic rings. The van der Waals surface area contributed by atoms with Gasteiger partial charge in [0.15, 0.2) is 0 Å². The average Bonchev–Trinajstić information content (AvgIpc) is 2.93. The van der Waals surface area contributed by atoms with Gasteiger partial charge in [-0.3, -0.25) is 14.5 Å². The van der Waals surface area contributed by atoms with Crippen LogP contribution in [0.4, 0.5) is 0 Å². The molecule has 7 nitrogen and oxygen atoms in total. The molecular weight excluding hydrogens is 320 g/mol. The van der Waals surface area contributed by atoms with E-state index in [4.69, 9.17) is 0 Å². The highest BCUT2D eigenvalue weighted by Gasteiger charge is 2.21. The summed E-state index contributed by atoms with van der Waals surface area (Å²) in [5, 5.41) is 16.1. The summed E-state index contributed by atoms with van der Waals surface area (Å²) in [5.41, 5.74) is 1.46. The van der Waals surface area contributed by atoms with Crippen molar-refractivity contribution < 1.29 is 14.7 Å². The molecule has 0 bridgehead atoms. The van der Waals surface area contributed by atoms with Crippen LogP contribution >= 0.6 is 0 Å². The van der Waals surface area contributed by atoms with Crippen molar-refractivity contribution in [1.82, 2.24) is 20.1 Å². The van der Waals surface area contributed by atoms with Crippen molar-refractivity contribution in [2.45, 2.75) is 26.8 Å². The smallest absolute Gasteiger partial charge is 0.330 e. The molecule has 0 saturated heterocycles. The fourth-order valence-electron chi connectivity index (χ4n) is 2.13. The highest BCUT2D eigenvalue weighted by Crippen LogP contribution is 2.18. The first-order chi connectivity index (χ1) is 11.7. The molecule has 2 rings (SSSR count). The summed E-state index contributed by atoms with van der Waals surface area (Å²) in [6, 6.07) is 4.12. The number of carboxylic acid groups (broad SMARTS) is 1. The number of carbonyl (C=O) groups excluding carboxylic acids is 1. The van der Waals surface area contributed by atoms with E-state index in [1.807, 2.05) is 26.8 Å². The molecule has 0 saturated carbocycles. The van der Waals surface area contributed by atoms with E-state index in [-0.39, 0.29) is 11.1 Å². The quantitative estimate of drug-likeness (QED) is 0.813. The molecule has 2 N–H and O–H groups in total. The van der Waals surface area contributed by atoms with Gasteiger partial charge in [0.05, 0.1) is 5.69 Å². The van der Waals surface area contributed by atoms with E-state index in [9.17, 15) is 14.7 Å². The van der Waals surface area contributed by atoms with Gasteiger partial charge in [0, 0.05) is 25.0 Å². The summed E-state index contributed by atoms with van der Waals surface area (Å²) in [4.78, 5) is 27.9. The van der Waals surface area contributed by atoms with Crippen LogP contribution in [0.15, 0.2) is 42.7 Å². The van der Waals surface area contributed by atoms with E-state index in [2.05, 4.69) is 15.4 Å². The van der Waals surface area contributed by atoms with Crippen LogP contribution in [0, 0.1) is 5.41 Å². The SMILES string of the molecule is Cn1nc(-c2cccnc2)cc1C(=O)NC(C=CC(C)(C)C)C(=O)O. The molecule has 1 unspecified atom stereocenters. The standard InChI is InChI=1S/C18H22N4O3/c1-18(2,3)8-7-13(17(24)25)20-16(23)15-10-14(21-22(15)4)12-6-5-9-19-11-12/h5-11,13H,1-4H3,(H,20,23)(H,24,25). The Labute approximate surface area is 146 Å². The predicted molar refractivity (Wildman–Crippen MR) is 93.9 cm³/mol. The van der Waals surface area contributed by atoms with Crippen molar-refractivity contribution in [2.75, 3.05) is 0 Å². The Hall–Kier alpha value is -2.96. The van der Waals surface area contributed by atoms with Gasteiger partial charge in [0.2, 0.25) is 0 Å². The van der Waals surface area contributed by atoms with Gasteiger partial charge in [-0.15, -0.1) is 0 Å². The average molecular weight is 342 g/mol. The molecule has 0 aliphatic carbocycles. The van der Waals surface area contributed by atoms with Crippen LogP contribution in [0.5, 0.6) is 0 Å². The number of nitrogens with zero attached hydrogens (tertiary/aromatic N) is 3. The van der Waals surface area contributed by atoms with Crippen LogP contribution in [-0.4, -0.2) is 37.8 Å². The lowest BCUT2D eigenvalue weighted by Crippen LogP contribution is -2.40. The van der Waals surface area contributed by atoms with Crippen molar-refractivity contribution in [2.24, 2.45) is 12.5 Å². The number of aromatic nitrogens is 3. The number of aryl methyl sites for hydroxylation is 1. The zero-order valence-corrected chi connectivity index (χ0v) is 14.7. The zero-order chi connectivity index (χ0) is 18.6. The molecule has 0 aliphatic heterocycles. The van der Waals surface area contributed by atoms with Crippen LogP contribution in [-0.2, 0) is 11.8 Å². The monoisotopic (exact) mass is 342 g/mol. The Balaban J connectivity index is 2.21. The number of carboxylic acids is 1. The van der Waals surface area contributed by atoms with Crippen LogP contribution in [0.3, 0.4) is 0 Å². The number of aliphatic carboxylic acids is 1. The molecule has 7 heteroatoms. The lowest BCUT2D eigenvalue weighted by Gasteiger charge is -2.15. The van der Waals surface area contributed by atoms with Gasteiger partial charge in [0.25, 0.3) is 5.91 Å². The summed E-state index contributed by atoms with van der Waals surface area (Å²) in [7, 11) is 1.63. The number of pyridine rings is 1. The van der Waals surface area contributed by atoms with Gasteiger partial charge >= 0.3 is 5.97 Å². The van der Waals surface area contributed by atoms with E-state index in [1.54, 1.807) is 37.7 Å². The van der Waals surface area contributed by atoms with Crippen LogP contribution < -0.4 is 5.32 Å². The molecule has 0 radical (unpaired) electrons. The Morgan fingerprint density at radius 1 is 1.36 bits per heavy atom. The first-order valence-corrected chi connectivity index (χ1v) is 7.85. The second kappa shape index (κ2) is 7.29. The molecule has 1 atom stereocenters. The minimum atomic E-state index is -1.12. The maximum absolute atomic E-state index is 12.5. The van der Waals surface area contributed by atoms with Crippen LogP contribution in [0.2, 0.25) is 0 Å². The highest BCUT2D eigenvalue weighted by atomic mass is 16.4. The fraction of sp³-hybridized carbons (Fsp3) is 0.333. The van der Waals surface area contributed by atoms with Crippen molar-refractivity contribution in [3.8, 4) is 11.3 Å². The number of nitrogens with one attached hydrogen (secondary N) is 1. The maximum Gasteiger partial charge on any atom is 0.330 e. The summed E-state index contributed by atoms with van der Waals surface area (Å²) >= 11 is 0. The van der Waals surface area contributed by atoms with Crippen LogP contribution in [0.1, 0.15) is 31.3 Å². The van der Waals surface area contributed by atoms with E-state index in [0.717, 1.165) is 5.56 Å². The molecule has 0 aromatic carbocycles. The lowest BCUT2D eigenvalue weighted by molar-refractivity contribution is -0.137. The Morgan fingerprint density at radius 3 is 2.64 bits per heavy atom. The van der Waals surface area contributed by atoms with Crippen molar-refractivity contribution in [3.63, 3.8) is 0 Å². The topological polar surface area (TPSA) is 97.1 Å². The number of rotatable bonds is 5. The molecular formula is C18H22N4O3. The first kappa shape index (κ1) is 18.4. The number of carbonyl (C=O) groups is 2. The number of allylic oxidation sites excluding steroid dienone is 1. The van der Waals surface area contributed by atoms with Gasteiger partial charge in [-0.25, -0.2) is 4.79 Å². The van der Waals surface area contributed by atoms with E-state index >= 15 is 0 Å². The van der Waals surface area contributed by atoms with E-state index in [1.165, 1.54) is 10.8 Å². The largest absolute Gasteiger partial charge is 0.479 e. The summed E-state index contributed by atoms with van der Waals surface area (Å²) in [6.45, 7) is 5.85. The summed E-state index contributed by atoms with van der Waals surface area (Å²) in [6.07, 6.45) is 6.55. The summed E-state index contributed by atoms with van der Waals surface area (Å²) < 4.78 is 1.42. The minimum Gasteiger partial charge on any atom is -0.479 e. The molecule has 0 spiro atoms. The maximum atomic E-state index is 12.5. The van der Waals surface area contributed by atoms with Crippen molar-refractivity contribution >= 4 is 11.9 Å².